The lowest BCUT2D eigenvalue weighted by Crippen LogP contribution is -2.03. The topological polar surface area (TPSA) is 48.0 Å². The van der Waals surface area contributed by atoms with E-state index in [9.17, 15) is 0 Å². The second kappa shape index (κ2) is 3.16. The van der Waals surface area contributed by atoms with Crippen molar-refractivity contribution in [2.24, 2.45) is 0 Å². The van der Waals surface area contributed by atoms with Gasteiger partial charge in [0.05, 0.1) is 11.9 Å². The van der Waals surface area contributed by atoms with E-state index in [4.69, 9.17) is 0 Å². The Morgan fingerprint density at radius 2 is 2.12 bits per heavy atom. The number of aryl methyl sites for hydroxylation is 2. The molecule has 0 amide bonds. The van der Waals surface area contributed by atoms with E-state index < -0.39 is 0 Å². The Balaban J connectivity index is 2.28. The van der Waals surface area contributed by atoms with Gasteiger partial charge in [-0.25, -0.2) is 14.2 Å². The van der Waals surface area contributed by atoms with E-state index in [-0.39, 0.29) is 0 Å². The van der Waals surface area contributed by atoms with Crippen molar-refractivity contribution in [2.45, 2.75) is 13.8 Å². The Morgan fingerprint density at radius 3 is 2.88 bits per heavy atom. The molecule has 0 radical (unpaired) electrons. The first-order chi connectivity index (χ1) is 7.74. The van der Waals surface area contributed by atoms with Crippen LogP contribution in [0.4, 0.5) is 0 Å². The average Bonchev–Trinajstić information content (AvgIpc) is 2.84. The van der Waals surface area contributed by atoms with E-state index in [2.05, 4.69) is 15.2 Å². The van der Waals surface area contributed by atoms with Crippen LogP contribution in [-0.2, 0) is 0 Å². The molecule has 16 heavy (non-hydrogen) atoms. The monoisotopic (exact) mass is 213 g/mol. The summed E-state index contributed by atoms with van der Waals surface area (Å²) in [6.07, 6.45) is 5.52. The Labute approximate surface area is 92.4 Å². The van der Waals surface area contributed by atoms with Gasteiger partial charge in [-0.2, -0.15) is 5.10 Å². The number of imidazole rings is 1. The molecule has 0 spiro atoms. The van der Waals surface area contributed by atoms with Gasteiger partial charge < -0.3 is 0 Å². The molecule has 3 aromatic heterocycles. The molecule has 0 saturated carbocycles. The molecule has 0 aliphatic rings. The van der Waals surface area contributed by atoms with Crippen molar-refractivity contribution in [3.8, 4) is 5.82 Å². The van der Waals surface area contributed by atoms with E-state index in [1.54, 1.807) is 15.4 Å². The van der Waals surface area contributed by atoms with E-state index in [0.29, 0.717) is 0 Å². The molecular formula is C11H11N5. The van der Waals surface area contributed by atoms with Gasteiger partial charge in [-0.05, 0) is 31.5 Å². The summed E-state index contributed by atoms with van der Waals surface area (Å²) in [4.78, 5) is 4.41. The third kappa shape index (κ3) is 1.29. The summed E-state index contributed by atoms with van der Waals surface area (Å²) in [6.45, 7) is 3.98. The number of rotatable bonds is 1. The number of fused-ring (bicyclic) bond motifs is 1. The molecule has 3 aromatic rings. The molecule has 0 aromatic carbocycles. The molecule has 3 rings (SSSR count). The second-order valence-electron chi connectivity index (χ2n) is 3.79. The van der Waals surface area contributed by atoms with E-state index in [0.717, 1.165) is 22.7 Å². The standard InChI is InChI=1S/C11H11N5/c1-8-6-10(15-5-3-4-12-15)14-16-7-9(2)13-11(8)16/h3-7H,1-2H3. The maximum Gasteiger partial charge on any atom is 0.174 e. The third-order valence-corrected chi connectivity index (χ3v) is 2.46. The fourth-order valence-corrected chi connectivity index (χ4v) is 1.74. The summed E-state index contributed by atoms with van der Waals surface area (Å²) in [7, 11) is 0. The maximum atomic E-state index is 4.45. The fraction of sp³-hybridized carbons (Fsp3) is 0.182. The zero-order valence-corrected chi connectivity index (χ0v) is 9.12. The summed E-state index contributed by atoms with van der Waals surface area (Å²) in [5, 5.41) is 8.62. The van der Waals surface area contributed by atoms with Gasteiger partial charge in [0, 0.05) is 12.4 Å². The Hall–Kier alpha value is -2.17. The largest absolute Gasteiger partial charge is 0.232 e. The summed E-state index contributed by atoms with van der Waals surface area (Å²) in [5.74, 6) is 0.799. The van der Waals surface area contributed by atoms with Gasteiger partial charge in [-0.1, -0.05) is 0 Å². The van der Waals surface area contributed by atoms with Gasteiger partial charge in [0.1, 0.15) is 0 Å². The molecule has 5 nitrogen and oxygen atoms in total. The zero-order chi connectivity index (χ0) is 11.1. The molecule has 3 heterocycles. The van der Waals surface area contributed by atoms with Crippen molar-refractivity contribution in [2.75, 3.05) is 0 Å². The summed E-state index contributed by atoms with van der Waals surface area (Å²) >= 11 is 0. The fourth-order valence-electron chi connectivity index (χ4n) is 1.74. The molecule has 0 saturated heterocycles. The van der Waals surface area contributed by atoms with Crippen molar-refractivity contribution < 1.29 is 0 Å². The molecule has 0 aliphatic heterocycles. The van der Waals surface area contributed by atoms with Crippen LogP contribution in [0.15, 0.2) is 30.7 Å². The maximum absolute atomic E-state index is 4.45. The van der Waals surface area contributed by atoms with Crippen LogP contribution in [0.5, 0.6) is 0 Å². The highest BCUT2D eigenvalue weighted by atomic mass is 15.4. The quantitative estimate of drug-likeness (QED) is 0.616. The number of aromatic nitrogens is 5. The molecular weight excluding hydrogens is 202 g/mol. The summed E-state index contributed by atoms with van der Waals surface area (Å²) in [5.41, 5.74) is 2.95. The highest BCUT2D eigenvalue weighted by Gasteiger charge is 2.06. The number of hydrogen-bond donors (Lipinski definition) is 0. The van der Waals surface area contributed by atoms with Crippen LogP contribution < -0.4 is 0 Å². The predicted octanol–water partition coefficient (Wildman–Crippen LogP) is 1.53. The van der Waals surface area contributed by atoms with Crippen molar-refractivity contribution in [3.63, 3.8) is 0 Å². The zero-order valence-electron chi connectivity index (χ0n) is 9.12. The van der Waals surface area contributed by atoms with Gasteiger partial charge in [0.25, 0.3) is 0 Å². The lowest BCUT2D eigenvalue weighted by molar-refractivity contribution is 0.789. The molecule has 5 heteroatoms. The molecule has 80 valence electrons. The van der Waals surface area contributed by atoms with Crippen LogP contribution in [0.1, 0.15) is 11.3 Å². The summed E-state index contributed by atoms with van der Waals surface area (Å²) in [6, 6.07) is 3.86. The van der Waals surface area contributed by atoms with Gasteiger partial charge in [0.2, 0.25) is 0 Å². The molecule has 0 N–H and O–H groups in total. The van der Waals surface area contributed by atoms with Crippen molar-refractivity contribution in [1.82, 2.24) is 24.4 Å². The average molecular weight is 213 g/mol. The van der Waals surface area contributed by atoms with Crippen LogP contribution in [0, 0.1) is 13.8 Å². The Kier molecular flexibility index (Phi) is 1.80. The van der Waals surface area contributed by atoms with Gasteiger partial charge in [-0.3, -0.25) is 0 Å². The third-order valence-electron chi connectivity index (χ3n) is 2.46. The first kappa shape index (κ1) is 9.08. The Morgan fingerprint density at radius 1 is 1.25 bits per heavy atom. The molecule has 0 aliphatic carbocycles. The lowest BCUT2D eigenvalue weighted by Gasteiger charge is -2.03. The number of hydrogen-bond acceptors (Lipinski definition) is 3. The van der Waals surface area contributed by atoms with Crippen molar-refractivity contribution in [3.05, 3.63) is 42.0 Å². The lowest BCUT2D eigenvalue weighted by atomic mass is 10.3. The second-order valence-corrected chi connectivity index (χ2v) is 3.79. The minimum Gasteiger partial charge on any atom is -0.232 e. The van der Waals surface area contributed by atoms with Crippen molar-refractivity contribution >= 4 is 5.65 Å². The van der Waals surface area contributed by atoms with E-state index >= 15 is 0 Å². The SMILES string of the molecule is Cc1cn2nc(-n3cccn3)cc(C)c2n1. The number of nitrogens with zero attached hydrogens (tertiary/aromatic N) is 5. The first-order valence-corrected chi connectivity index (χ1v) is 5.08. The minimum atomic E-state index is 0.799. The van der Waals surface area contributed by atoms with Gasteiger partial charge >= 0.3 is 0 Å². The minimum absolute atomic E-state index is 0.799. The Bertz CT molecular complexity index is 636. The van der Waals surface area contributed by atoms with E-state index in [1.807, 2.05) is 38.4 Å². The molecule has 0 fully saturated rings. The molecule has 0 bridgehead atoms. The van der Waals surface area contributed by atoms with Crippen LogP contribution in [0.2, 0.25) is 0 Å². The van der Waals surface area contributed by atoms with Crippen LogP contribution in [0.25, 0.3) is 11.5 Å². The van der Waals surface area contributed by atoms with Crippen LogP contribution in [0.3, 0.4) is 0 Å². The van der Waals surface area contributed by atoms with Gasteiger partial charge in [0.15, 0.2) is 11.5 Å². The summed E-state index contributed by atoms with van der Waals surface area (Å²) < 4.78 is 3.53. The normalized spacial score (nSPS) is 11.1. The highest BCUT2D eigenvalue weighted by Crippen LogP contribution is 2.12. The first-order valence-electron chi connectivity index (χ1n) is 5.08. The van der Waals surface area contributed by atoms with E-state index in [1.165, 1.54) is 0 Å². The van der Waals surface area contributed by atoms with Crippen LogP contribution in [-0.4, -0.2) is 24.4 Å². The van der Waals surface area contributed by atoms with Gasteiger partial charge in [-0.15, -0.1) is 5.10 Å². The smallest absolute Gasteiger partial charge is 0.174 e. The molecule has 0 unspecified atom stereocenters. The van der Waals surface area contributed by atoms with Crippen LogP contribution >= 0.6 is 0 Å². The molecule has 0 atom stereocenters. The predicted molar refractivity (Wildman–Crippen MR) is 59.6 cm³/mol. The van der Waals surface area contributed by atoms with Crippen molar-refractivity contribution in [1.29, 1.82) is 0 Å². The highest BCUT2D eigenvalue weighted by molar-refractivity contribution is 5.49.